The van der Waals surface area contributed by atoms with Gasteiger partial charge < -0.3 is 10.6 Å². The van der Waals surface area contributed by atoms with Crippen LogP contribution in [0.2, 0.25) is 0 Å². The highest BCUT2D eigenvalue weighted by molar-refractivity contribution is 5.94. The smallest absolute Gasteiger partial charge is 0.159 e. The fraction of sp³-hybridized carbons (Fsp3) is 0.235. The summed E-state index contributed by atoms with van der Waals surface area (Å²) in [6.07, 6.45) is 1.03. The summed E-state index contributed by atoms with van der Waals surface area (Å²) < 4.78 is 0. The van der Waals surface area contributed by atoms with E-state index >= 15 is 0 Å². The van der Waals surface area contributed by atoms with Crippen LogP contribution in [0.4, 0.5) is 11.4 Å². The molecule has 0 atom stereocenters. The second-order valence-electron chi connectivity index (χ2n) is 5.30. The number of hydrogen-bond donors (Lipinski definition) is 1. The molecule has 3 nitrogen and oxygen atoms in total. The van der Waals surface area contributed by atoms with Crippen molar-refractivity contribution in [2.45, 2.75) is 19.9 Å². The zero-order valence-corrected chi connectivity index (χ0v) is 11.6. The SMILES string of the molecule is CC(=O)c1ccc(N2CCc3ccc(N)cc3C2)cc1. The Hall–Kier alpha value is -2.29. The van der Waals surface area contributed by atoms with Gasteiger partial charge in [-0.3, -0.25) is 4.79 Å². The topological polar surface area (TPSA) is 46.3 Å². The van der Waals surface area contributed by atoms with Crippen molar-refractivity contribution in [3.8, 4) is 0 Å². The van der Waals surface area contributed by atoms with Crippen molar-refractivity contribution in [3.05, 3.63) is 59.2 Å². The molecular formula is C17H18N2O. The lowest BCUT2D eigenvalue weighted by Crippen LogP contribution is -2.30. The quantitative estimate of drug-likeness (QED) is 0.671. The maximum atomic E-state index is 11.3. The predicted molar refractivity (Wildman–Crippen MR) is 82.1 cm³/mol. The van der Waals surface area contributed by atoms with Gasteiger partial charge in [0.25, 0.3) is 0 Å². The van der Waals surface area contributed by atoms with Gasteiger partial charge in [0, 0.05) is 30.0 Å². The number of benzene rings is 2. The van der Waals surface area contributed by atoms with Crippen molar-refractivity contribution in [1.82, 2.24) is 0 Å². The van der Waals surface area contributed by atoms with E-state index in [1.807, 2.05) is 30.3 Å². The van der Waals surface area contributed by atoms with Crippen LogP contribution in [0.5, 0.6) is 0 Å². The first kappa shape index (κ1) is 12.7. The fourth-order valence-electron chi connectivity index (χ4n) is 2.70. The van der Waals surface area contributed by atoms with Crippen LogP contribution in [0.3, 0.4) is 0 Å². The highest BCUT2D eigenvalue weighted by Gasteiger charge is 2.16. The Morgan fingerprint density at radius 3 is 2.55 bits per heavy atom. The van der Waals surface area contributed by atoms with Crippen molar-refractivity contribution < 1.29 is 4.79 Å². The largest absolute Gasteiger partial charge is 0.399 e. The summed E-state index contributed by atoms with van der Waals surface area (Å²) in [5.74, 6) is 0.105. The summed E-state index contributed by atoms with van der Waals surface area (Å²) in [6.45, 7) is 3.46. The molecule has 0 bridgehead atoms. The number of hydrogen-bond acceptors (Lipinski definition) is 3. The zero-order valence-electron chi connectivity index (χ0n) is 11.6. The lowest BCUT2D eigenvalue weighted by molar-refractivity contribution is 0.101. The summed E-state index contributed by atoms with van der Waals surface area (Å²) in [7, 11) is 0. The fourth-order valence-corrected chi connectivity index (χ4v) is 2.70. The number of carbonyl (C=O) groups is 1. The van der Waals surface area contributed by atoms with Crippen LogP contribution in [0.15, 0.2) is 42.5 Å². The molecule has 0 radical (unpaired) electrons. The van der Waals surface area contributed by atoms with Crippen molar-refractivity contribution in [3.63, 3.8) is 0 Å². The third-order valence-electron chi connectivity index (χ3n) is 3.88. The van der Waals surface area contributed by atoms with Gasteiger partial charge in [-0.05, 0) is 60.9 Å². The Morgan fingerprint density at radius 1 is 1.10 bits per heavy atom. The average Bonchev–Trinajstić information content (AvgIpc) is 2.46. The summed E-state index contributed by atoms with van der Waals surface area (Å²) in [5, 5.41) is 0. The molecule has 0 unspecified atom stereocenters. The van der Waals surface area contributed by atoms with E-state index in [0.29, 0.717) is 0 Å². The van der Waals surface area contributed by atoms with Crippen molar-refractivity contribution in [1.29, 1.82) is 0 Å². The highest BCUT2D eigenvalue weighted by atomic mass is 16.1. The van der Waals surface area contributed by atoms with Gasteiger partial charge in [0.15, 0.2) is 5.78 Å². The van der Waals surface area contributed by atoms with Gasteiger partial charge in [-0.25, -0.2) is 0 Å². The molecule has 0 amide bonds. The van der Waals surface area contributed by atoms with Crippen molar-refractivity contribution >= 4 is 17.2 Å². The van der Waals surface area contributed by atoms with Gasteiger partial charge in [0.2, 0.25) is 0 Å². The minimum absolute atomic E-state index is 0.105. The van der Waals surface area contributed by atoms with Crippen LogP contribution >= 0.6 is 0 Å². The molecule has 1 aliphatic rings. The van der Waals surface area contributed by atoms with Crippen LogP contribution in [0, 0.1) is 0 Å². The second-order valence-corrected chi connectivity index (χ2v) is 5.30. The third kappa shape index (κ3) is 2.39. The van der Waals surface area contributed by atoms with Crippen molar-refractivity contribution in [2.75, 3.05) is 17.2 Å². The van der Waals surface area contributed by atoms with E-state index in [2.05, 4.69) is 17.0 Å². The molecule has 102 valence electrons. The number of nitrogen functional groups attached to an aromatic ring is 1. The molecule has 0 spiro atoms. The summed E-state index contributed by atoms with van der Waals surface area (Å²) in [5.41, 5.74) is 11.3. The number of ketones is 1. The molecule has 0 fully saturated rings. The maximum absolute atomic E-state index is 11.3. The van der Waals surface area contributed by atoms with E-state index in [-0.39, 0.29) is 5.78 Å². The van der Waals surface area contributed by atoms with Gasteiger partial charge in [-0.1, -0.05) is 6.07 Å². The van der Waals surface area contributed by atoms with E-state index in [0.717, 1.165) is 36.4 Å². The summed E-state index contributed by atoms with van der Waals surface area (Å²) >= 11 is 0. The van der Waals surface area contributed by atoms with E-state index in [1.54, 1.807) is 6.92 Å². The zero-order chi connectivity index (χ0) is 14.1. The molecule has 20 heavy (non-hydrogen) atoms. The molecule has 2 aromatic carbocycles. The minimum Gasteiger partial charge on any atom is -0.399 e. The van der Waals surface area contributed by atoms with E-state index in [9.17, 15) is 4.79 Å². The first-order valence-electron chi connectivity index (χ1n) is 6.87. The molecule has 2 N–H and O–H groups in total. The van der Waals surface area contributed by atoms with E-state index < -0.39 is 0 Å². The molecular weight excluding hydrogens is 248 g/mol. The highest BCUT2D eigenvalue weighted by Crippen LogP contribution is 2.26. The molecule has 0 aromatic heterocycles. The second kappa shape index (κ2) is 5.00. The van der Waals surface area contributed by atoms with Crippen LogP contribution in [0.25, 0.3) is 0 Å². The van der Waals surface area contributed by atoms with Crippen LogP contribution in [-0.4, -0.2) is 12.3 Å². The number of Topliss-reactive ketones (excluding diaryl/α,β-unsaturated/α-hetero) is 1. The molecule has 1 aliphatic heterocycles. The molecule has 1 heterocycles. The normalized spacial score (nSPS) is 13.9. The van der Waals surface area contributed by atoms with Crippen LogP contribution in [0.1, 0.15) is 28.4 Å². The van der Waals surface area contributed by atoms with Gasteiger partial charge in [0.05, 0.1) is 0 Å². The summed E-state index contributed by atoms with van der Waals surface area (Å²) in [4.78, 5) is 13.6. The molecule has 3 rings (SSSR count). The predicted octanol–water partition coefficient (Wildman–Crippen LogP) is 3.03. The molecule has 2 aromatic rings. The Labute approximate surface area is 119 Å². The average molecular weight is 266 g/mol. The summed E-state index contributed by atoms with van der Waals surface area (Å²) in [6, 6.07) is 14.0. The Kier molecular flexibility index (Phi) is 3.18. The number of rotatable bonds is 2. The molecule has 0 saturated heterocycles. The standard InChI is InChI=1S/C17H18N2O/c1-12(20)13-3-6-17(7-4-13)19-9-8-14-2-5-16(18)10-15(14)11-19/h2-7,10H,8-9,11,18H2,1H3. The maximum Gasteiger partial charge on any atom is 0.159 e. The Morgan fingerprint density at radius 2 is 1.85 bits per heavy atom. The van der Waals surface area contributed by atoms with Gasteiger partial charge in [0.1, 0.15) is 0 Å². The number of nitrogens with zero attached hydrogens (tertiary/aromatic N) is 1. The van der Waals surface area contributed by atoms with Gasteiger partial charge in [-0.15, -0.1) is 0 Å². The minimum atomic E-state index is 0.105. The van der Waals surface area contributed by atoms with Gasteiger partial charge >= 0.3 is 0 Å². The first-order chi connectivity index (χ1) is 9.63. The lowest BCUT2D eigenvalue weighted by atomic mass is 9.98. The Balaban J connectivity index is 1.84. The molecule has 3 heteroatoms. The monoisotopic (exact) mass is 266 g/mol. The number of fused-ring (bicyclic) bond motifs is 1. The molecule has 0 saturated carbocycles. The van der Waals surface area contributed by atoms with Crippen LogP contribution in [-0.2, 0) is 13.0 Å². The number of carbonyl (C=O) groups excluding carboxylic acids is 1. The number of anilines is 2. The number of nitrogens with two attached hydrogens (primary N) is 1. The van der Waals surface area contributed by atoms with Gasteiger partial charge in [-0.2, -0.15) is 0 Å². The van der Waals surface area contributed by atoms with Crippen molar-refractivity contribution in [2.24, 2.45) is 0 Å². The Bertz CT molecular complexity index is 647. The molecule has 0 aliphatic carbocycles. The van der Waals surface area contributed by atoms with Crippen LogP contribution < -0.4 is 10.6 Å². The first-order valence-corrected chi connectivity index (χ1v) is 6.87. The lowest BCUT2D eigenvalue weighted by Gasteiger charge is -2.31. The van der Waals surface area contributed by atoms with E-state index in [1.165, 1.54) is 11.1 Å². The third-order valence-corrected chi connectivity index (χ3v) is 3.88. The van der Waals surface area contributed by atoms with E-state index in [4.69, 9.17) is 5.73 Å².